The first kappa shape index (κ1) is 17.0. The van der Waals surface area contributed by atoms with Crippen LogP contribution in [0.1, 0.15) is 36.0 Å². The van der Waals surface area contributed by atoms with Crippen LogP contribution in [0.2, 0.25) is 0 Å². The van der Waals surface area contributed by atoms with Gasteiger partial charge in [-0.05, 0) is 37.1 Å². The summed E-state index contributed by atoms with van der Waals surface area (Å²) in [7, 11) is 2.07. The third kappa shape index (κ3) is 3.30. The predicted octanol–water partition coefficient (Wildman–Crippen LogP) is 1.21. The molecule has 1 aromatic heterocycles. The summed E-state index contributed by atoms with van der Waals surface area (Å²) < 4.78 is 2.16. The summed E-state index contributed by atoms with van der Waals surface area (Å²) >= 11 is 0. The Balaban J connectivity index is 1.33. The summed E-state index contributed by atoms with van der Waals surface area (Å²) in [5, 5.41) is 17.7. The molecule has 7 heteroatoms. The molecule has 0 unspecified atom stereocenters. The Morgan fingerprint density at radius 3 is 2.42 bits per heavy atom. The zero-order valence-electron chi connectivity index (χ0n) is 15.2. The zero-order chi connectivity index (χ0) is 18.1. The molecular weight excluding hydrogens is 326 g/mol. The van der Waals surface area contributed by atoms with E-state index in [2.05, 4.69) is 37.7 Å². The fourth-order valence-corrected chi connectivity index (χ4v) is 3.85. The summed E-state index contributed by atoms with van der Waals surface area (Å²) in [6.07, 6.45) is 2.05. The number of benzene rings is 1. The molecule has 136 valence electrons. The third-order valence-corrected chi connectivity index (χ3v) is 5.64. The van der Waals surface area contributed by atoms with Gasteiger partial charge in [0.1, 0.15) is 11.6 Å². The maximum Gasteiger partial charge on any atom is 0.146 e. The van der Waals surface area contributed by atoms with E-state index in [1.165, 1.54) is 5.69 Å². The highest BCUT2D eigenvalue weighted by Gasteiger charge is 2.31. The second-order valence-corrected chi connectivity index (χ2v) is 7.38. The summed E-state index contributed by atoms with van der Waals surface area (Å²) in [5.74, 6) is 2.59. The number of aromatic nitrogens is 3. The molecule has 1 aromatic carbocycles. The minimum absolute atomic E-state index is 0.329. The zero-order valence-corrected chi connectivity index (χ0v) is 15.2. The van der Waals surface area contributed by atoms with Gasteiger partial charge in [-0.25, -0.2) is 0 Å². The van der Waals surface area contributed by atoms with Gasteiger partial charge in [-0.2, -0.15) is 5.26 Å². The van der Waals surface area contributed by atoms with Crippen LogP contribution in [0.4, 0.5) is 5.69 Å². The standard InChI is InChI=1S/C19H25N7/c1-24-18(22-23-19(24)15-10-16(21)11-15)13-25-6-8-26(9-7-25)17-4-2-14(12-20)3-5-17/h2-5,15-16H,6-11,13,21H2,1H3. The minimum atomic E-state index is 0.329. The van der Waals surface area contributed by atoms with Gasteiger partial charge in [0, 0.05) is 50.9 Å². The maximum atomic E-state index is 8.91. The van der Waals surface area contributed by atoms with E-state index in [0.29, 0.717) is 17.5 Å². The van der Waals surface area contributed by atoms with Crippen molar-refractivity contribution in [3.8, 4) is 6.07 Å². The van der Waals surface area contributed by atoms with E-state index < -0.39 is 0 Å². The van der Waals surface area contributed by atoms with Gasteiger partial charge in [0.2, 0.25) is 0 Å². The smallest absolute Gasteiger partial charge is 0.146 e. The molecule has 26 heavy (non-hydrogen) atoms. The molecule has 1 saturated heterocycles. The first-order chi connectivity index (χ1) is 12.6. The van der Waals surface area contributed by atoms with E-state index in [0.717, 1.165) is 57.2 Å². The lowest BCUT2D eigenvalue weighted by Crippen LogP contribution is -2.46. The molecule has 1 aliphatic carbocycles. The molecule has 2 heterocycles. The highest BCUT2D eigenvalue weighted by atomic mass is 15.3. The van der Waals surface area contributed by atoms with Gasteiger partial charge in [-0.3, -0.25) is 4.90 Å². The number of rotatable bonds is 4. The Bertz CT molecular complexity index is 790. The number of hydrogen-bond donors (Lipinski definition) is 1. The summed E-state index contributed by atoms with van der Waals surface area (Å²) in [6, 6.07) is 10.3. The van der Waals surface area contributed by atoms with Crippen LogP contribution in [0.25, 0.3) is 0 Å². The molecule has 4 rings (SSSR count). The molecule has 2 aliphatic rings. The van der Waals surface area contributed by atoms with Crippen LogP contribution >= 0.6 is 0 Å². The van der Waals surface area contributed by atoms with Crippen LogP contribution in [0.5, 0.6) is 0 Å². The summed E-state index contributed by atoms with van der Waals surface area (Å²) in [4.78, 5) is 4.80. The van der Waals surface area contributed by atoms with E-state index in [4.69, 9.17) is 11.0 Å². The van der Waals surface area contributed by atoms with Crippen molar-refractivity contribution in [1.29, 1.82) is 5.26 Å². The Hall–Kier alpha value is -2.43. The van der Waals surface area contributed by atoms with Gasteiger partial charge in [0.15, 0.2) is 0 Å². The molecule has 1 aliphatic heterocycles. The average Bonchev–Trinajstić information content (AvgIpc) is 3.00. The fraction of sp³-hybridized carbons (Fsp3) is 0.526. The molecule has 0 amide bonds. The van der Waals surface area contributed by atoms with Gasteiger partial charge in [-0.15, -0.1) is 10.2 Å². The molecule has 2 aromatic rings. The van der Waals surface area contributed by atoms with Crippen LogP contribution in [0.15, 0.2) is 24.3 Å². The normalized spacial score (nSPS) is 23.5. The van der Waals surface area contributed by atoms with Gasteiger partial charge in [0.05, 0.1) is 18.2 Å². The van der Waals surface area contributed by atoms with Crippen molar-refractivity contribution < 1.29 is 0 Å². The lowest BCUT2D eigenvalue weighted by atomic mass is 9.80. The molecular formula is C19H25N7. The lowest BCUT2D eigenvalue weighted by Gasteiger charge is -2.36. The third-order valence-electron chi connectivity index (χ3n) is 5.64. The van der Waals surface area contributed by atoms with Crippen molar-refractivity contribution in [2.24, 2.45) is 12.8 Å². The Labute approximate surface area is 154 Å². The second kappa shape index (κ2) is 7.06. The van der Waals surface area contributed by atoms with E-state index >= 15 is 0 Å². The Morgan fingerprint density at radius 2 is 1.81 bits per heavy atom. The SMILES string of the molecule is Cn1c(CN2CCN(c3ccc(C#N)cc3)CC2)nnc1C1CC(N)C1. The quantitative estimate of drug-likeness (QED) is 0.891. The van der Waals surface area contributed by atoms with Crippen molar-refractivity contribution in [3.63, 3.8) is 0 Å². The Kier molecular flexibility index (Phi) is 4.62. The van der Waals surface area contributed by atoms with Crippen molar-refractivity contribution in [2.45, 2.75) is 31.3 Å². The molecule has 2 fully saturated rings. The number of nitrogens with zero attached hydrogens (tertiary/aromatic N) is 6. The van der Waals surface area contributed by atoms with Gasteiger partial charge in [-0.1, -0.05) is 0 Å². The van der Waals surface area contributed by atoms with E-state index in [9.17, 15) is 0 Å². The summed E-state index contributed by atoms with van der Waals surface area (Å²) in [5.41, 5.74) is 7.80. The second-order valence-electron chi connectivity index (χ2n) is 7.38. The molecule has 7 nitrogen and oxygen atoms in total. The first-order valence-corrected chi connectivity index (χ1v) is 9.25. The summed E-state index contributed by atoms with van der Waals surface area (Å²) in [6.45, 7) is 4.79. The molecule has 0 spiro atoms. The van der Waals surface area contributed by atoms with Gasteiger partial charge >= 0.3 is 0 Å². The van der Waals surface area contributed by atoms with Gasteiger partial charge < -0.3 is 15.2 Å². The Morgan fingerprint density at radius 1 is 1.12 bits per heavy atom. The number of nitrogens with two attached hydrogens (primary N) is 1. The maximum absolute atomic E-state index is 8.91. The highest BCUT2D eigenvalue weighted by Crippen LogP contribution is 2.34. The van der Waals surface area contributed by atoms with Crippen molar-refractivity contribution >= 4 is 5.69 Å². The van der Waals surface area contributed by atoms with E-state index in [1.807, 2.05) is 24.3 Å². The molecule has 0 atom stereocenters. The molecule has 2 N–H and O–H groups in total. The van der Waals surface area contributed by atoms with Crippen molar-refractivity contribution in [1.82, 2.24) is 19.7 Å². The number of nitriles is 1. The first-order valence-electron chi connectivity index (χ1n) is 9.25. The average molecular weight is 351 g/mol. The number of piperazine rings is 1. The molecule has 0 radical (unpaired) electrons. The largest absolute Gasteiger partial charge is 0.369 e. The molecule has 0 bridgehead atoms. The molecule has 1 saturated carbocycles. The lowest BCUT2D eigenvalue weighted by molar-refractivity contribution is 0.240. The van der Waals surface area contributed by atoms with E-state index in [1.54, 1.807) is 0 Å². The highest BCUT2D eigenvalue weighted by molar-refractivity contribution is 5.50. The fourth-order valence-electron chi connectivity index (χ4n) is 3.85. The van der Waals surface area contributed by atoms with Crippen molar-refractivity contribution in [3.05, 3.63) is 41.5 Å². The van der Waals surface area contributed by atoms with Crippen LogP contribution in [-0.2, 0) is 13.6 Å². The number of hydrogen-bond acceptors (Lipinski definition) is 6. The van der Waals surface area contributed by atoms with Gasteiger partial charge in [0.25, 0.3) is 0 Å². The minimum Gasteiger partial charge on any atom is -0.369 e. The van der Waals surface area contributed by atoms with E-state index in [-0.39, 0.29) is 0 Å². The van der Waals surface area contributed by atoms with Crippen molar-refractivity contribution in [2.75, 3.05) is 31.1 Å². The van der Waals surface area contributed by atoms with Crippen LogP contribution in [-0.4, -0.2) is 51.9 Å². The van der Waals surface area contributed by atoms with Crippen LogP contribution in [0, 0.1) is 11.3 Å². The number of anilines is 1. The topological polar surface area (TPSA) is 87.0 Å². The predicted molar refractivity (Wildman–Crippen MR) is 99.6 cm³/mol. The van der Waals surface area contributed by atoms with Crippen LogP contribution in [0.3, 0.4) is 0 Å². The monoisotopic (exact) mass is 351 g/mol. The van der Waals surface area contributed by atoms with Crippen LogP contribution < -0.4 is 10.6 Å².